The number of hydrogen-bond acceptors (Lipinski definition) is 5. The van der Waals surface area contributed by atoms with Crippen LogP contribution in [0.1, 0.15) is 52.0 Å². The first-order chi connectivity index (χ1) is 19.5. The largest absolute Gasteiger partial charge is 0.416 e. The van der Waals surface area contributed by atoms with Gasteiger partial charge in [0.1, 0.15) is 5.82 Å². The Bertz CT molecular complexity index is 1570. The van der Waals surface area contributed by atoms with Gasteiger partial charge >= 0.3 is 6.18 Å². The zero-order valence-electron chi connectivity index (χ0n) is 22.9. The van der Waals surface area contributed by atoms with Gasteiger partial charge < -0.3 is 20.5 Å². The first-order valence-electron chi connectivity index (χ1n) is 13.1. The molecule has 212 valence electrons. The van der Waals surface area contributed by atoms with Gasteiger partial charge in [-0.25, -0.2) is 9.98 Å². The summed E-state index contributed by atoms with van der Waals surface area (Å²) in [5.41, 5.74) is 7.82. The Kier molecular flexibility index (Phi) is 8.97. The van der Waals surface area contributed by atoms with Gasteiger partial charge in [-0.05, 0) is 69.0 Å². The molecule has 1 aliphatic rings. The number of aryl methyl sites for hydroxylation is 2. The van der Waals surface area contributed by atoms with Crippen molar-refractivity contribution in [1.82, 2.24) is 14.5 Å². The van der Waals surface area contributed by atoms with Crippen LogP contribution in [0.15, 0.2) is 78.1 Å². The van der Waals surface area contributed by atoms with Gasteiger partial charge in [0.25, 0.3) is 5.91 Å². The van der Waals surface area contributed by atoms with Crippen LogP contribution in [0.25, 0.3) is 5.69 Å². The fourth-order valence-corrected chi connectivity index (χ4v) is 4.29. The number of anilines is 1. The number of amides is 1. The van der Waals surface area contributed by atoms with E-state index in [-0.39, 0.29) is 16.9 Å². The molecule has 0 aliphatic carbocycles. The number of aliphatic imine (C=N–C) groups is 1. The molecule has 1 aromatic heterocycles. The molecule has 2 aromatic carbocycles. The topological polar surface area (TPSA) is 88.5 Å². The van der Waals surface area contributed by atoms with Crippen molar-refractivity contribution < 1.29 is 18.0 Å². The first-order valence-corrected chi connectivity index (χ1v) is 13.1. The average molecular weight is 561 g/mol. The van der Waals surface area contributed by atoms with Crippen LogP contribution in [0.3, 0.4) is 0 Å². The molecule has 2 heterocycles. The Balaban J connectivity index is 1.54. The maximum absolute atomic E-state index is 13.6. The van der Waals surface area contributed by atoms with Crippen LogP contribution >= 0.6 is 0 Å². The maximum Gasteiger partial charge on any atom is 0.416 e. The number of carbonyl (C=O) groups excluding carboxylic acids is 1. The summed E-state index contributed by atoms with van der Waals surface area (Å²) in [6.07, 6.45) is 4.74. The van der Waals surface area contributed by atoms with E-state index >= 15 is 0 Å². The second-order valence-electron chi connectivity index (χ2n) is 9.77. The molecular weight excluding hydrogens is 529 g/mol. The minimum atomic E-state index is -4.60. The molecule has 1 amide bonds. The first kappa shape index (κ1) is 29.2. The third-order valence-corrected chi connectivity index (χ3v) is 6.61. The molecule has 3 N–H and O–H groups in total. The van der Waals surface area contributed by atoms with Crippen LogP contribution in [-0.2, 0) is 6.18 Å². The highest BCUT2D eigenvalue weighted by atomic mass is 19.4. The fraction of sp³-hybridized carbons (Fsp3) is 0.258. The van der Waals surface area contributed by atoms with Gasteiger partial charge in [-0.1, -0.05) is 24.5 Å². The lowest BCUT2D eigenvalue weighted by Crippen LogP contribution is -2.27. The average Bonchev–Trinajstić information content (AvgIpc) is 3.39. The molecule has 4 rings (SSSR count). The summed E-state index contributed by atoms with van der Waals surface area (Å²) < 4.78 is 42.3. The van der Waals surface area contributed by atoms with Crippen LogP contribution in [-0.4, -0.2) is 39.7 Å². The highest BCUT2D eigenvalue weighted by Gasteiger charge is 2.31. The number of rotatable bonds is 6. The molecule has 1 fully saturated rings. The lowest BCUT2D eigenvalue weighted by Gasteiger charge is -2.27. The van der Waals surface area contributed by atoms with Crippen LogP contribution < -0.4 is 11.1 Å². The van der Waals surface area contributed by atoms with Gasteiger partial charge in [-0.3, -0.25) is 4.79 Å². The summed E-state index contributed by atoms with van der Waals surface area (Å²) >= 11 is 0. The Morgan fingerprint density at radius 1 is 1.15 bits per heavy atom. The number of nitrogens with two attached hydrogens (primary N) is 1. The summed E-state index contributed by atoms with van der Waals surface area (Å²) in [5, 5.41) is 2.59. The predicted octanol–water partition coefficient (Wildman–Crippen LogP) is 5.98. The molecule has 10 heteroatoms. The second-order valence-corrected chi connectivity index (χ2v) is 9.77. The van der Waals surface area contributed by atoms with E-state index in [0.717, 1.165) is 43.6 Å². The SMILES string of the molecule is C=C(N=C/C(C#Cc1cc(C(=O)Nc2cc(-n3cnc(C)c3)cc(C(F)(F)F)c2)ccc1C)=C\N)N1CCCCC1. The van der Waals surface area contributed by atoms with Crippen molar-refractivity contribution in [3.63, 3.8) is 0 Å². The molecule has 0 bridgehead atoms. The van der Waals surface area contributed by atoms with Gasteiger partial charge in [0.15, 0.2) is 0 Å². The molecule has 0 radical (unpaired) electrons. The predicted molar refractivity (Wildman–Crippen MR) is 155 cm³/mol. The number of halogens is 3. The van der Waals surface area contributed by atoms with Crippen molar-refractivity contribution in [2.45, 2.75) is 39.3 Å². The lowest BCUT2D eigenvalue weighted by molar-refractivity contribution is -0.137. The molecule has 0 atom stereocenters. The summed E-state index contributed by atoms with van der Waals surface area (Å²) in [6, 6.07) is 8.26. The second kappa shape index (κ2) is 12.6. The Morgan fingerprint density at radius 3 is 2.56 bits per heavy atom. The zero-order chi connectivity index (χ0) is 29.6. The monoisotopic (exact) mass is 560 g/mol. The number of piperidine rings is 1. The molecule has 0 spiro atoms. The van der Waals surface area contributed by atoms with E-state index in [2.05, 4.69) is 38.6 Å². The summed E-state index contributed by atoms with van der Waals surface area (Å²) in [7, 11) is 0. The lowest BCUT2D eigenvalue weighted by atomic mass is 10.0. The number of hydrogen-bond donors (Lipinski definition) is 2. The molecule has 0 unspecified atom stereocenters. The van der Waals surface area contributed by atoms with E-state index in [0.29, 0.717) is 22.7 Å². The number of alkyl halides is 3. The highest BCUT2D eigenvalue weighted by Crippen LogP contribution is 2.33. The van der Waals surface area contributed by atoms with Crippen molar-refractivity contribution in [3.8, 4) is 17.5 Å². The summed E-state index contributed by atoms with van der Waals surface area (Å²) in [5.74, 6) is 6.06. The number of benzene rings is 2. The zero-order valence-corrected chi connectivity index (χ0v) is 22.9. The number of aromatic nitrogens is 2. The number of nitrogens with zero attached hydrogens (tertiary/aromatic N) is 4. The van der Waals surface area contributed by atoms with Crippen molar-refractivity contribution in [1.29, 1.82) is 0 Å². The third-order valence-electron chi connectivity index (χ3n) is 6.61. The van der Waals surface area contributed by atoms with Gasteiger partial charge in [0.05, 0.1) is 23.2 Å². The van der Waals surface area contributed by atoms with E-state index in [4.69, 9.17) is 5.73 Å². The van der Waals surface area contributed by atoms with E-state index in [1.54, 1.807) is 37.5 Å². The van der Waals surface area contributed by atoms with E-state index in [1.807, 2.05) is 6.92 Å². The van der Waals surface area contributed by atoms with Gasteiger partial charge in [-0.2, -0.15) is 13.2 Å². The van der Waals surface area contributed by atoms with Crippen molar-refractivity contribution in [2.24, 2.45) is 10.7 Å². The minimum absolute atomic E-state index is 0.00196. The normalized spacial score (nSPS) is 14.1. The number of carbonyl (C=O) groups is 1. The number of nitrogens with one attached hydrogen (secondary N) is 1. The van der Waals surface area contributed by atoms with Crippen molar-refractivity contribution >= 4 is 17.8 Å². The third kappa shape index (κ3) is 7.66. The van der Waals surface area contributed by atoms with Gasteiger partial charge in [0, 0.05) is 54.2 Å². The Hall–Kier alpha value is -4.78. The smallest absolute Gasteiger partial charge is 0.404 e. The highest BCUT2D eigenvalue weighted by molar-refractivity contribution is 6.04. The fourth-order valence-electron chi connectivity index (χ4n) is 4.29. The van der Waals surface area contributed by atoms with Crippen molar-refractivity contribution in [3.05, 3.63) is 101 Å². The Labute approximate surface area is 237 Å². The molecule has 41 heavy (non-hydrogen) atoms. The van der Waals surface area contributed by atoms with E-state index < -0.39 is 17.6 Å². The maximum atomic E-state index is 13.6. The number of allylic oxidation sites excluding steroid dienone is 1. The number of imidazole rings is 1. The van der Waals surface area contributed by atoms with Crippen LogP contribution in [0.4, 0.5) is 18.9 Å². The van der Waals surface area contributed by atoms with E-state index in [1.165, 1.54) is 29.6 Å². The van der Waals surface area contributed by atoms with Gasteiger partial charge in [-0.15, -0.1) is 0 Å². The van der Waals surface area contributed by atoms with Crippen LogP contribution in [0.2, 0.25) is 0 Å². The van der Waals surface area contributed by atoms with Crippen LogP contribution in [0.5, 0.6) is 0 Å². The van der Waals surface area contributed by atoms with Crippen LogP contribution in [0, 0.1) is 25.7 Å². The van der Waals surface area contributed by atoms with E-state index in [9.17, 15) is 18.0 Å². The molecule has 0 saturated carbocycles. The number of likely N-dealkylation sites (tertiary alicyclic amines) is 1. The standard InChI is InChI=1S/C31H31F3N6O/c1-21-7-9-26(13-25(21)10-8-24(17-35)18-36-23(3)39-11-5-4-6-12-39)30(41)38-28-14-27(31(32,33)34)15-29(16-28)40-19-22(2)37-20-40/h7,9,13-20H,3-6,11-12,35H2,1-2H3,(H,38,41)/b24-17-,36-18?. The minimum Gasteiger partial charge on any atom is -0.404 e. The molecule has 1 saturated heterocycles. The Morgan fingerprint density at radius 2 is 1.90 bits per heavy atom. The summed E-state index contributed by atoms with van der Waals surface area (Å²) in [4.78, 5) is 23.7. The summed E-state index contributed by atoms with van der Waals surface area (Å²) in [6.45, 7) is 9.44. The molecule has 7 nitrogen and oxygen atoms in total. The molecular formula is C31H31F3N6O. The van der Waals surface area contributed by atoms with Crippen molar-refractivity contribution in [2.75, 3.05) is 18.4 Å². The molecule has 1 aliphatic heterocycles. The van der Waals surface area contributed by atoms with Gasteiger partial charge in [0.2, 0.25) is 0 Å². The quantitative estimate of drug-likeness (QED) is 0.287. The molecule has 3 aromatic rings.